The zero-order valence-corrected chi connectivity index (χ0v) is 9.36. The van der Waals surface area contributed by atoms with E-state index < -0.39 is 24.4 Å². The molecule has 0 unspecified atom stereocenters. The fourth-order valence-corrected chi connectivity index (χ4v) is 1.38. The van der Waals surface area contributed by atoms with Crippen LogP contribution in [-0.4, -0.2) is 25.0 Å². The van der Waals surface area contributed by atoms with Gasteiger partial charge in [-0.25, -0.2) is 8.78 Å². The van der Waals surface area contributed by atoms with Gasteiger partial charge in [0.25, 0.3) is 5.92 Å². The van der Waals surface area contributed by atoms with E-state index in [4.69, 9.17) is 5.73 Å². The molecule has 1 aliphatic rings. The minimum atomic E-state index is -2.84. The number of rotatable bonds is 5. The smallest absolute Gasteiger partial charge is 0.322 e. The molecule has 1 saturated carbocycles. The number of esters is 1. The van der Waals surface area contributed by atoms with Crippen LogP contribution in [0.4, 0.5) is 8.78 Å². The van der Waals surface area contributed by atoms with Crippen molar-refractivity contribution in [1.82, 2.24) is 0 Å². The summed E-state index contributed by atoms with van der Waals surface area (Å²) in [6.07, 6.45) is 0.958. The van der Waals surface area contributed by atoms with Gasteiger partial charge in [0, 0.05) is 12.8 Å². The summed E-state index contributed by atoms with van der Waals surface area (Å²) in [6, 6.07) is -1.21. The molecule has 0 aromatic rings. The molecule has 1 aliphatic carbocycles. The van der Waals surface area contributed by atoms with Crippen molar-refractivity contribution in [2.75, 3.05) is 7.11 Å². The third-order valence-electron chi connectivity index (χ3n) is 2.31. The maximum absolute atomic E-state index is 13.2. The normalized spacial score (nSPS) is 17.9. The molecule has 0 saturated heterocycles. The van der Waals surface area contributed by atoms with E-state index >= 15 is 0 Å². The van der Waals surface area contributed by atoms with Gasteiger partial charge in [-0.05, 0) is 18.8 Å². The van der Waals surface area contributed by atoms with E-state index in [0.717, 1.165) is 20.0 Å². The first-order valence-electron chi connectivity index (χ1n) is 4.66. The van der Waals surface area contributed by atoms with Crippen LogP contribution in [0.15, 0.2) is 0 Å². The van der Waals surface area contributed by atoms with Gasteiger partial charge in [-0.1, -0.05) is 0 Å². The molecule has 0 spiro atoms. The Hall–Kier alpha value is -0.420. The van der Waals surface area contributed by atoms with Crippen molar-refractivity contribution in [1.29, 1.82) is 0 Å². The number of halogens is 3. The van der Waals surface area contributed by atoms with Gasteiger partial charge in [0.2, 0.25) is 0 Å². The lowest BCUT2D eigenvalue weighted by atomic mass is 10.0. The molecular formula is C9H16ClF2NO2. The van der Waals surface area contributed by atoms with Crippen LogP contribution < -0.4 is 5.73 Å². The number of carbonyl (C=O) groups excluding carboxylic acids is 1. The van der Waals surface area contributed by atoms with Gasteiger partial charge in [0.05, 0.1) is 7.11 Å². The van der Waals surface area contributed by atoms with Crippen LogP contribution in [0.1, 0.15) is 25.7 Å². The Morgan fingerprint density at radius 2 is 2.13 bits per heavy atom. The van der Waals surface area contributed by atoms with Crippen molar-refractivity contribution in [3.63, 3.8) is 0 Å². The molecule has 90 valence electrons. The highest BCUT2D eigenvalue weighted by Crippen LogP contribution is 2.40. The lowest BCUT2D eigenvalue weighted by Gasteiger charge is -2.18. The van der Waals surface area contributed by atoms with E-state index in [1.165, 1.54) is 0 Å². The number of methoxy groups -OCH3 is 1. The maximum Gasteiger partial charge on any atom is 0.322 e. The third-order valence-corrected chi connectivity index (χ3v) is 2.31. The molecule has 0 radical (unpaired) electrons. The number of alkyl halides is 2. The van der Waals surface area contributed by atoms with Gasteiger partial charge >= 0.3 is 5.97 Å². The largest absolute Gasteiger partial charge is 0.468 e. The Balaban J connectivity index is 0.00000196. The lowest BCUT2D eigenvalue weighted by molar-refractivity contribution is -0.145. The molecule has 0 aliphatic heterocycles. The fraction of sp³-hybridized carbons (Fsp3) is 0.889. The highest BCUT2D eigenvalue weighted by molar-refractivity contribution is 5.85. The first-order valence-corrected chi connectivity index (χ1v) is 4.66. The van der Waals surface area contributed by atoms with Crippen LogP contribution in [0.3, 0.4) is 0 Å². The maximum atomic E-state index is 13.2. The van der Waals surface area contributed by atoms with Crippen molar-refractivity contribution in [2.45, 2.75) is 37.6 Å². The van der Waals surface area contributed by atoms with Crippen molar-refractivity contribution in [3.05, 3.63) is 0 Å². The number of ether oxygens (including phenoxy) is 1. The molecule has 1 rings (SSSR count). The molecule has 0 bridgehead atoms. The molecule has 1 atom stereocenters. The predicted octanol–water partition coefficient (Wildman–Crippen LogP) is 1.73. The van der Waals surface area contributed by atoms with Crippen molar-refractivity contribution < 1.29 is 18.3 Å². The molecule has 1 fully saturated rings. The molecule has 0 aromatic carbocycles. The highest BCUT2D eigenvalue weighted by atomic mass is 35.5. The Bertz CT molecular complexity index is 222. The summed E-state index contributed by atoms with van der Waals surface area (Å²) in [4.78, 5) is 10.8. The van der Waals surface area contributed by atoms with E-state index in [1.54, 1.807) is 0 Å². The van der Waals surface area contributed by atoms with Crippen LogP contribution in [0.2, 0.25) is 0 Å². The molecule has 0 heterocycles. The highest BCUT2D eigenvalue weighted by Gasteiger charge is 2.39. The van der Waals surface area contributed by atoms with Crippen molar-refractivity contribution in [3.8, 4) is 0 Å². The second-order valence-electron chi connectivity index (χ2n) is 3.84. The monoisotopic (exact) mass is 243 g/mol. The van der Waals surface area contributed by atoms with Gasteiger partial charge in [-0.3, -0.25) is 4.79 Å². The summed E-state index contributed by atoms with van der Waals surface area (Å²) in [7, 11) is 1.14. The van der Waals surface area contributed by atoms with Gasteiger partial charge in [-0.2, -0.15) is 0 Å². The Labute approximate surface area is 93.8 Å². The predicted molar refractivity (Wildman–Crippen MR) is 54.1 cm³/mol. The van der Waals surface area contributed by atoms with Gasteiger partial charge in [0.15, 0.2) is 0 Å². The zero-order valence-electron chi connectivity index (χ0n) is 8.54. The van der Waals surface area contributed by atoms with Crippen molar-refractivity contribution >= 4 is 18.4 Å². The summed E-state index contributed by atoms with van der Waals surface area (Å²) in [5.74, 6) is -3.50. The third kappa shape index (κ3) is 5.28. The van der Waals surface area contributed by atoms with Crippen LogP contribution in [0.5, 0.6) is 0 Å². The SMILES string of the molecule is COC(=O)[C@@H](N)CC(F)(F)CC1CC1.Cl. The second kappa shape index (κ2) is 5.61. The molecule has 0 amide bonds. The average Bonchev–Trinajstić information content (AvgIpc) is 2.84. The second-order valence-corrected chi connectivity index (χ2v) is 3.84. The minimum absolute atomic E-state index is 0. The molecule has 2 N–H and O–H groups in total. The number of nitrogens with two attached hydrogens (primary N) is 1. The van der Waals surface area contributed by atoms with E-state index in [1.807, 2.05) is 0 Å². The summed E-state index contributed by atoms with van der Waals surface area (Å²) in [5, 5.41) is 0. The van der Waals surface area contributed by atoms with E-state index in [0.29, 0.717) is 0 Å². The standard InChI is InChI=1S/C9H15F2NO2.ClH/c1-14-8(13)7(12)5-9(10,11)4-6-2-3-6;/h6-7H,2-5,12H2,1H3;1H/t7-;/m0./s1. The first-order chi connectivity index (χ1) is 6.44. The molecular weight excluding hydrogens is 228 g/mol. The van der Waals surface area contributed by atoms with E-state index in [-0.39, 0.29) is 24.7 Å². The van der Waals surface area contributed by atoms with E-state index in [9.17, 15) is 13.6 Å². The van der Waals surface area contributed by atoms with Gasteiger partial charge in [-0.15, -0.1) is 12.4 Å². The van der Waals surface area contributed by atoms with Crippen LogP contribution >= 0.6 is 12.4 Å². The average molecular weight is 244 g/mol. The van der Waals surface area contributed by atoms with Crippen LogP contribution in [0, 0.1) is 5.92 Å². The Morgan fingerprint density at radius 1 is 1.60 bits per heavy atom. The lowest BCUT2D eigenvalue weighted by Crippen LogP contribution is -2.37. The van der Waals surface area contributed by atoms with Gasteiger partial charge in [0.1, 0.15) is 6.04 Å². The van der Waals surface area contributed by atoms with E-state index in [2.05, 4.69) is 4.74 Å². The van der Waals surface area contributed by atoms with Crippen molar-refractivity contribution in [2.24, 2.45) is 11.7 Å². The first kappa shape index (κ1) is 14.6. The summed E-state index contributed by atoms with van der Waals surface area (Å²) < 4.78 is 30.6. The zero-order chi connectivity index (χ0) is 10.8. The topological polar surface area (TPSA) is 52.3 Å². The van der Waals surface area contributed by atoms with Crippen LogP contribution in [-0.2, 0) is 9.53 Å². The molecule has 3 nitrogen and oxygen atoms in total. The minimum Gasteiger partial charge on any atom is -0.468 e. The molecule has 15 heavy (non-hydrogen) atoms. The summed E-state index contributed by atoms with van der Waals surface area (Å²) in [5.41, 5.74) is 5.26. The number of carbonyl (C=O) groups is 1. The quantitative estimate of drug-likeness (QED) is 0.749. The fourth-order valence-electron chi connectivity index (χ4n) is 1.38. The number of hydrogen-bond donors (Lipinski definition) is 1. The summed E-state index contributed by atoms with van der Waals surface area (Å²) >= 11 is 0. The molecule has 6 heteroatoms. The van der Waals surface area contributed by atoms with Gasteiger partial charge < -0.3 is 10.5 Å². The Kier molecular flexibility index (Phi) is 5.45. The Morgan fingerprint density at radius 3 is 2.53 bits per heavy atom. The van der Waals surface area contributed by atoms with Crippen LogP contribution in [0.25, 0.3) is 0 Å². The summed E-state index contributed by atoms with van der Waals surface area (Å²) in [6.45, 7) is 0. The molecule has 0 aromatic heterocycles. The number of hydrogen-bond acceptors (Lipinski definition) is 3.